The molecule has 204 valence electrons. The lowest BCUT2D eigenvalue weighted by molar-refractivity contribution is -0.00347. The number of nitrogens with zero attached hydrogens (tertiary/aromatic N) is 2. The second kappa shape index (κ2) is 11.2. The predicted octanol–water partition coefficient (Wildman–Crippen LogP) is 7.21. The first kappa shape index (κ1) is 28.3. The van der Waals surface area contributed by atoms with Crippen molar-refractivity contribution in [1.29, 1.82) is 0 Å². The molecule has 1 saturated heterocycles. The van der Waals surface area contributed by atoms with Gasteiger partial charge < -0.3 is 14.6 Å². The van der Waals surface area contributed by atoms with E-state index in [4.69, 9.17) is 4.74 Å². The molecule has 0 spiro atoms. The quantitative estimate of drug-likeness (QED) is 0.388. The number of carbonyl (C=O) groups excluding carboxylic acids is 1. The van der Waals surface area contributed by atoms with Crippen molar-refractivity contribution in [3.63, 3.8) is 0 Å². The minimum Gasteiger partial charge on any atom is -0.377 e. The fraction of sp³-hybridized carbons (Fsp3) is 0.645. The Bertz CT molecular complexity index is 1100. The highest BCUT2D eigenvalue weighted by Crippen LogP contribution is 2.38. The average molecular weight is 526 g/mol. The van der Waals surface area contributed by atoms with Gasteiger partial charge in [0, 0.05) is 28.4 Å². The summed E-state index contributed by atoms with van der Waals surface area (Å²) in [6.07, 6.45) is 6.53. The van der Waals surface area contributed by atoms with Gasteiger partial charge in [0.1, 0.15) is 0 Å². The number of carbonyl (C=O) groups is 1. The van der Waals surface area contributed by atoms with Crippen molar-refractivity contribution in [2.75, 3.05) is 20.3 Å². The molecule has 1 amide bonds. The van der Waals surface area contributed by atoms with Crippen molar-refractivity contribution in [3.05, 3.63) is 41.1 Å². The Morgan fingerprint density at radius 1 is 1.05 bits per heavy atom. The van der Waals surface area contributed by atoms with Gasteiger partial charge in [-0.3, -0.25) is 4.79 Å². The van der Waals surface area contributed by atoms with Crippen molar-refractivity contribution in [2.24, 2.45) is 5.92 Å². The number of hydrogen-bond acceptors (Lipinski definition) is 4. The van der Waals surface area contributed by atoms with E-state index in [1.54, 1.807) is 11.9 Å². The molecule has 37 heavy (non-hydrogen) atoms. The molecule has 2 aromatic rings. The van der Waals surface area contributed by atoms with E-state index in [0.29, 0.717) is 19.1 Å². The molecular formula is C31H47N3O2S. The molecule has 2 aliphatic rings. The number of rotatable bonds is 7. The molecule has 0 atom stereocenters. The van der Waals surface area contributed by atoms with Crippen molar-refractivity contribution in [2.45, 2.75) is 109 Å². The lowest BCUT2D eigenvalue weighted by Gasteiger charge is -2.31. The third-order valence-electron chi connectivity index (χ3n) is 8.01. The Labute approximate surface area is 228 Å². The Kier molecular flexibility index (Phi) is 8.52. The molecule has 2 heterocycles. The largest absolute Gasteiger partial charge is 0.377 e. The number of aromatic nitrogens is 1. The van der Waals surface area contributed by atoms with E-state index >= 15 is 0 Å². The summed E-state index contributed by atoms with van der Waals surface area (Å²) in [6.45, 7) is 17.9. The van der Waals surface area contributed by atoms with Crippen LogP contribution in [0.1, 0.15) is 95.3 Å². The molecule has 1 N–H and O–H groups in total. The lowest BCUT2D eigenvalue weighted by atomic mass is 9.86. The van der Waals surface area contributed by atoms with E-state index in [1.807, 2.05) is 0 Å². The molecule has 6 heteroatoms. The van der Waals surface area contributed by atoms with E-state index in [0.717, 1.165) is 23.5 Å². The fourth-order valence-electron chi connectivity index (χ4n) is 5.09. The molecule has 1 aliphatic carbocycles. The highest BCUT2D eigenvalue weighted by Gasteiger charge is 2.27. The summed E-state index contributed by atoms with van der Waals surface area (Å²) in [5.41, 5.74) is 5.60. The Balaban J connectivity index is 1.78. The lowest BCUT2D eigenvalue weighted by Crippen LogP contribution is -2.48. The monoisotopic (exact) mass is 525 g/mol. The predicted molar refractivity (Wildman–Crippen MR) is 155 cm³/mol. The maximum absolute atomic E-state index is 13.3. The molecule has 5 nitrogen and oxygen atoms in total. The normalized spacial score (nSPS) is 17.8. The first-order valence-corrected chi connectivity index (χ1v) is 14.8. The van der Waals surface area contributed by atoms with Crippen molar-refractivity contribution in [3.8, 4) is 11.3 Å². The smallest absolute Gasteiger partial charge is 0.253 e. The van der Waals surface area contributed by atoms with Gasteiger partial charge in [-0.25, -0.2) is 4.31 Å². The van der Waals surface area contributed by atoms with Crippen LogP contribution < -0.4 is 5.32 Å². The van der Waals surface area contributed by atoms with Gasteiger partial charge in [-0.15, -0.1) is 0 Å². The van der Waals surface area contributed by atoms with Gasteiger partial charge in [0.05, 0.1) is 24.8 Å². The van der Waals surface area contributed by atoms with Gasteiger partial charge in [0.2, 0.25) is 0 Å². The van der Waals surface area contributed by atoms with Crippen LogP contribution in [0.5, 0.6) is 0 Å². The van der Waals surface area contributed by atoms with E-state index < -0.39 is 0 Å². The molecule has 1 saturated carbocycles. The minimum atomic E-state index is 0.0171. The topological polar surface area (TPSA) is 46.5 Å². The molecule has 1 aromatic heterocycles. The van der Waals surface area contributed by atoms with Crippen molar-refractivity contribution >= 4 is 17.9 Å². The first-order valence-electron chi connectivity index (χ1n) is 14.0. The first-order chi connectivity index (χ1) is 17.3. The number of ether oxygens (including phenoxy) is 1. The number of hydrogen-bond donors (Lipinski definition) is 1. The van der Waals surface area contributed by atoms with Crippen LogP contribution in [-0.2, 0) is 16.7 Å². The molecule has 4 rings (SSSR count). The molecule has 1 aliphatic heterocycles. The van der Waals surface area contributed by atoms with Crippen molar-refractivity contribution < 1.29 is 9.53 Å². The third kappa shape index (κ3) is 6.82. The van der Waals surface area contributed by atoms with Gasteiger partial charge in [0.15, 0.2) is 0 Å². The Morgan fingerprint density at radius 3 is 2.30 bits per heavy atom. The van der Waals surface area contributed by atoms with E-state index in [2.05, 4.69) is 94.0 Å². The van der Waals surface area contributed by atoms with Gasteiger partial charge >= 0.3 is 0 Å². The third-order valence-corrected chi connectivity index (χ3v) is 9.27. The summed E-state index contributed by atoms with van der Waals surface area (Å²) in [6, 6.07) is 9.25. The van der Waals surface area contributed by atoms with E-state index in [-0.39, 0.29) is 22.9 Å². The summed E-state index contributed by atoms with van der Waals surface area (Å²) >= 11 is 1.80. The van der Waals surface area contributed by atoms with Crippen LogP contribution in [0.3, 0.4) is 0 Å². The SMILES string of the molecule is Cc1c(C(=O)NC2COC2)cc(-c2cc(SN(C)C(C)(C)C)cc(C(C)(C)C)c2)n1CC1CCCCC1. The Morgan fingerprint density at radius 2 is 1.73 bits per heavy atom. The molecule has 2 fully saturated rings. The Hall–Kier alpha value is -1.76. The van der Waals surface area contributed by atoms with E-state index in [1.165, 1.54) is 48.1 Å². The van der Waals surface area contributed by atoms with Crippen molar-refractivity contribution in [1.82, 2.24) is 14.2 Å². The second-order valence-corrected chi connectivity index (χ2v) is 14.3. The zero-order valence-corrected chi connectivity index (χ0v) is 25.1. The highest BCUT2D eigenvalue weighted by atomic mass is 32.2. The van der Waals surface area contributed by atoms with Crippen LogP contribution >= 0.6 is 11.9 Å². The number of benzene rings is 1. The van der Waals surface area contributed by atoms with Gasteiger partial charge in [0.25, 0.3) is 5.91 Å². The van der Waals surface area contributed by atoms with Crippen LogP contribution in [0.25, 0.3) is 11.3 Å². The standard InChI is InChI=1S/C31H47N3O2S/c1-21-27(29(35)32-25-19-36-20-25)17-28(34(21)18-22-12-10-9-11-13-22)23-14-24(30(2,3)4)16-26(15-23)37-33(8)31(5,6)7/h14-17,22,25H,9-13,18-20H2,1-8H3,(H,32,35). The second-order valence-electron chi connectivity index (χ2n) is 13.1. The van der Waals surface area contributed by atoms with Crippen LogP contribution in [0, 0.1) is 12.8 Å². The summed E-state index contributed by atoms with van der Waals surface area (Å²) in [4.78, 5) is 14.6. The minimum absolute atomic E-state index is 0.0171. The van der Waals surface area contributed by atoms with Gasteiger partial charge in [-0.2, -0.15) is 0 Å². The highest BCUT2D eigenvalue weighted by molar-refractivity contribution is 7.97. The summed E-state index contributed by atoms with van der Waals surface area (Å²) in [5.74, 6) is 0.685. The zero-order valence-electron chi connectivity index (χ0n) is 24.2. The molecule has 0 radical (unpaired) electrons. The number of amides is 1. The van der Waals surface area contributed by atoms with Crippen LogP contribution in [0.15, 0.2) is 29.2 Å². The number of nitrogens with one attached hydrogen (secondary N) is 1. The van der Waals surface area contributed by atoms with E-state index in [9.17, 15) is 4.79 Å². The molecule has 0 bridgehead atoms. The molecule has 0 unspecified atom stereocenters. The van der Waals surface area contributed by atoms with Gasteiger partial charge in [-0.1, -0.05) is 40.0 Å². The summed E-state index contributed by atoms with van der Waals surface area (Å²) in [7, 11) is 2.16. The maximum atomic E-state index is 13.3. The average Bonchev–Trinajstić information content (AvgIpc) is 3.11. The van der Waals surface area contributed by atoms with Crippen LogP contribution in [-0.4, -0.2) is 46.6 Å². The molecular weight excluding hydrogens is 478 g/mol. The fourth-order valence-corrected chi connectivity index (χ4v) is 6.04. The summed E-state index contributed by atoms with van der Waals surface area (Å²) < 4.78 is 10.0. The zero-order chi connectivity index (χ0) is 27.0. The van der Waals surface area contributed by atoms with Gasteiger partial charge in [-0.05, 0) is 106 Å². The molecule has 1 aromatic carbocycles. The van der Waals surface area contributed by atoms with Crippen LogP contribution in [0.4, 0.5) is 0 Å². The maximum Gasteiger partial charge on any atom is 0.253 e. The van der Waals surface area contributed by atoms with Crippen LogP contribution in [0.2, 0.25) is 0 Å². The summed E-state index contributed by atoms with van der Waals surface area (Å²) in [5, 5.41) is 3.17.